The van der Waals surface area contributed by atoms with E-state index in [1.54, 1.807) is 14.0 Å². The van der Waals surface area contributed by atoms with Gasteiger partial charge in [-0.1, -0.05) is 0 Å². The number of halogens is 2. The van der Waals surface area contributed by atoms with Gasteiger partial charge in [-0.05, 0) is 37.8 Å². The normalized spacial score (nSPS) is 11.4. The first kappa shape index (κ1) is 16.2. The summed E-state index contributed by atoms with van der Waals surface area (Å²) in [6.07, 6.45) is 3.92. The molecule has 5 heteroatoms. The Morgan fingerprint density at radius 2 is 2.10 bits per heavy atom. The number of aryl methyl sites for hydroxylation is 3. The van der Waals surface area contributed by atoms with Crippen molar-refractivity contribution in [1.82, 2.24) is 9.55 Å². The van der Waals surface area contributed by atoms with Crippen molar-refractivity contribution < 1.29 is 9.13 Å². The monoisotopic (exact) mass is 312 g/mol. The summed E-state index contributed by atoms with van der Waals surface area (Å²) in [6.45, 7) is 3.47. The zero-order valence-corrected chi connectivity index (χ0v) is 13.4. The lowest BCUT2D eigenvalue weighted by Gasteiger charge is -2.09. The summed E-state index contributed by atoms with van der Waals surface area (Å²) in [7, 11) is 1.72. The number of imidazole rings is 1. The third kappa shape index (κ3) is 3.95. The van der Waals surface area contributed by atoms with E-state index in [4.69, 9.17) is 16.3 Å². The van der Waals surface area contributed by atoms with Gasteiger partial charge < -0.3 is 9.30 Å². The van der Waals surface area contributed by atoms with E-state index in [0.717, 1.165) is 49.3 Å². The molecule has 1 heterocycles. The summed E-state index contributed by atoms with van der Waals surface area (Å²) >= 11 is 5.86. The molecule has 0 aliphatic rings. The first-order valence-corrected chi connectivity index (χ1v) is 7.91. The molecular formula is C16H22ClFN2O. The molecule has 0 atom stereocenters. The third-order valence-corrected chi connectivity index (χ3v) is 3.84. The van der Waals surface area contributed by atoms with Crippen LogP contribution in [0.5, 0.6) is 0 Å². The van der Waals surface area contributed by atoms with Gasteiger partial charge in [-0.25, -0.2) is 9.37 Å². The summed E-state index contributed by atoms with van der Waals surface area (Å²) in [6, 6.07) is 3.40. The molecule has 21 heavy (non-hydrogen) atoms. The Labute approximate surface area is 130 Å². The van der Waals surface area contributed by atoms with Gasteiger partial charge in [0.25, 0.3) is 0 Å². The van der Waals surface area contributed by atoms with Gasteiger partial charge >= 0.3 is 0 Å². The highest BCUT2D eigenvalue weighted by Crippen LogP contribution is 2.21. The molecule has 0 aliphatic heterocycles. The van der Waals surface area contributed by atoms with Gasteiger partial charge in [0.1, 0.15) is 11.6 Å². The van der Waals surface area contributed by atoms with Crippen molar-refractivity contribution in [3.8, 4) is 0 Å². The number of ether oxygens (including phenoxy) is 1. The van der Waals surface area contributed by atoms with Gasteiger partial charge in [0.05, 0.1) is 11.0 Å². The van der Waals surface area contributed by atoms with Crippen molar-refractivity contribution in [2.45, 2.75) is 39.2 Å². The van der Waals surface area contributed by atoms with Crippen molar-refractivity contribution >= 4 is 22.6 Å². The number of hydrogen-bond donors (Lipinski definition) is 0. The van der Waals surface area contributed by atoms with Crippen molar-refractivity contribution in [1.29, 1.82) is 0 Å². The molecule has 0 unspecified atom stereocenters. The minimum atomic E-state index is -0.204. The Bertz CT molecular complexity index is 597. The first-order valence-electron chi connectivity index (χ1n) is 7.37. The van der Waals surface area contributed by atoms with Crippen molar-refractivity contribution in [2.24, 2.45) is 0 Å². The van der Waals surface area contributed by atoms with Gasteiger partial charge in [-0.15, -0.1) is 11.6 Å². The maximum atomic E-state index is 13.7. The third-order valence-electron chi connectivity index (χ3n) is 3.66. The molecule has 0 bridgehead atoms. The quantitative estimate of drug-likeness (QED) is 0.542. The standard InChI is InChI=1S/C16H22ClFN2O/c1-12-10-15-14(11-13(12)18)19-16(6-7-17)20(15)8-4-3-5-9-21-2/h10-11H,3-9H2,1-2H3. The molecule has 0 radical (unpaired) electrons. The Morgan fingerprint density at radius 1 is 1.29 bits per heavy atom. The molecule has 0 saturated heterocycles. The van der Waals surface area contributed by atoms with Crippen LogP contribution in [-0.4, -0.2) is 29.1 Å². The van der Waals surface area contributed by atoms with Crippen LogP contribution in [0.3, 0.4) is 0 Å². The Kier molecular flexibility index (Phi) is 6.00. The van der Waals surface area contributed by atoms with Crippen LogP contribution in [0.2, 0.25) is 0 Å². The van der Waals surface area contributed by atoms with E-state index in [1.165, 1.54) is 6.07 Å². The Balaban J connectivity index is 2.21. The second-order valence-electron chi connectivity index (χ2n) is 5.26. The summed E-state index contributed by atoms with van der Waals surface area (Å²) in [5, 5.41) is 0. The number of aromatic nitrogens is 2. The number of hydrogen-bond acceptors (Lipinski definition) is 2. The van der Waals surface area contributed by atoms with E-state index < -0.39 is 0 Å². The molecule has 0 N–H and O–H groups in total. The minimum Gasteiger partial charge on any atom is -0.385 e. The zero-order chi connectivity index (χ0) is 15.2. The summed E-state index contributed by atoms with van der Waals surface area (Å²) < 4.78 is 20.9. The van der Waals surface area contributed by atoms with E-state index in [2.05, 4.69) is 9.55 Å². The zero-order valence-electron chi connectivity index (χ0n) is 12.7. The number of alkyl halides is 1. The van der Waals surface area contributed by atoms with E-state index in [9.17, 15) is 4.39 Å². The highest BCUT2D eigenvalue weighted by atomic mass is 35.5. The highest BCUT2D eigenvalue weighted by molar-refractivity contribution is 6.17. The van der Waals surface area contributed by atoms with Crippen LogP contribution in [0.15, 0.2) is 12.1 Å². The summed E-state index contributed by atoms with van der Waals surface area (Å²) in [5.41, 5.74) is 2.37. The lowest BCUT2D eigenvalue weighted by molar-refractivity contribution is 0.191. The van der Waals surface area contributed by atoms with E-state index >= 15 is 0 Å². The molecule has 1 aromatic carbocycles. The van der Waals surface area contributed by atoms with Crippen LogP contribution < -0.4 is 0 Å². The first-order chi connectivity index (χ1) is 10.2. The van der Waals surface area contributed by atoms with Crippen LogP contribution in [-0.2, 0) is 17.7 Å². The largest absolute Gasteiger partial charge is 0.385 e. The molecular weight excluding hydrogens is 291 g/mol. The lowest BCUT2D eigenvalue weighted by Crippen LogP contribution is -2.05. The lowest BCUT2D eigenvalue weighted by atomic mass is 10.2. The van der Waals surface area contributed by atoms with E-state index in [1.807, 2.05) is 6.07 Å². The average Bonchev–Trinajstić information content (AvgIpc) is 2.77. The van der Waals surface area contributed by atoms with Gasteiger partial charge in [0.2, 0.25) is 0 Å². The topological polar surface area (TPSA) is 27.1 Å². The predicted molar refractivity (Wildman–Crippen MR) is 84.6 cm³/mol. The molecule has 0 fully saturated rings. The number of nitrogens with zero attached hydrogens (tertiary/aromatic N) is 2. The molecule has 116 valence electrons. The van der Waals surface area contributed by atoms with Crippen LogP contribution in [0.25, 0.3) is 11.0 Å². The maximum Gasteiger partial charge on any atom is 0.128 e. The number of rotatable bonds is 8. The van der Waals surface area contributed by atoms with Crippen molar-refractivity contribution in [3.63, 3.8) is 0 Å². The molecule has 2 aromatic rings. The van der Waals surface area contributed by atoms with Crippen molar-refractivity contribution in [2.75, 3.05) is 19.6 Å². The van der Waals surface area contributed by atoms with Gasteiger partial charge in [-0.3, -0.25) is 0 Å². The molecule has 0 amide bonds. The van der Waals surface area contributed by atoms with Crippen LogP contribution in [0, 0.1) is 12.7 Å². The maximum absolute atomic E-state index is 13.7. The minimum absolute atomic E-state index is 0.204. The van der Waals surface area contributed by atoms with E-state index in [-0.39, 0.29) is 5.82 Å². The molecule has 2 rings (SSSR count). The number of benzene rings is 1. The molecule has 0 saturated carbocycles. The molecule has 1 aromatic heterocycles. The summed E-state index contributed by atoms with van der Waals surface area (Å²) in [4.78, 5) is 4.53. The molecule has 0 spiro atoms. The number of unbranched alkanes of at least 4 members (excludes halogenated alkanes) is 2. The predicted octanol–water partition coefficient (Wildman–Crippen LogP) is 4.08. The summed E-state index contributed by atoms with van der Waals surface area (Å²) in [5.74, 6) is 1.26. The van der Waals surface area contributed by atoms with Gasteiger partial charge in [0, 0.05) is 38.6 Å². The van der Waals surface area contributed by atoms with Crippen LogP contribution in [0.4, 0.5) is 4.39 Å². The fourth-order valence-electron chi connectivity index (χ4n) is 2.52. The average molecular weight is 313 g/mol. The fourth-order valence-corrected chi connectivity index (χ4v) is 2.69. The molecule has 3 nitrogen and oxygen atoms in total. The van der Waals surface area contributed by atoms with Crippen LogP contribution in [0.1, 0.15) is 30.7 Å². The second-order valence-corrected chi connectivity index (χ2v) is 5.64. The number of fused-ring (bicyclic) bond motifs is 1. The van der Waals surface area contributed by atoms with Crippen LogP contribution >= 0.6 is 11.6 Å². The van der Waals surface area contributed by atoms with Gasteiger partial charge in [-0.2, -0.15) is 0 Å². The fraction of sp³-hybridized carbons (Fsp3) is 0.562. The Hall–Kier alpha value is -1.13. The van der Waals surface area contributed by atoms with E-state index in [0.29, 0.717) is 17.9 Å². The smallest absolute Gasteiger partial charge is 0.128 e. The van der Waals surface area contributed by atoms with Gasteiger partial charge in [0.15, 0.2) is 0 Å². The number of methoxy groups -OCH3 is 1. The van der Waals surface area contributed by atoms with Crippen molar-refractivity contribution in [3.05, 3.63) is 29.3 Å². The molecule has 0 aliphatic carbocycles. The SMILES string of the molecule is COCCCCCn1c(CCCl)nc2cc(F)c(C)cc21. The Morgan fingerprint density at radius 3 is 2.81 bits per heavy atom. The highest BCUT2D eigenvalue weighted by Gasteiger charge is 2.12. The second kappa shape index (κ2) is 7.76.